The van der Waals surface area contributed by atoms with E-state index in [1.54, 1.807) is 0 Å². The number of rotatable bonds is 3. The molecule has 13 heteroatoms. The van der Waals surface area contributed by atoms with Crippen LogP contribution in [0.4, 0.5) is 32.2 Å². The fourth-order valence-electron chi connectivity index (χ4n) is 2.36. The Kier molecular flexibility index (Phi) is 5.37. The van der Waals surface area contributed by atoms with Crippen LogP contribution in [0.1, 0.15) is 11.3 Å². The summed E-state index contributed by atoms with van der Waals surface area (Å²) in [4.78, 5) is 21.4. The fraction of sp³-hybridized carbons (Fsp3) is 0.118. The minimum atomic E-state index is -5.17. The van der Waals surface area contributed by atoms with E-state index in [4.69, 9.17) is 22.1 Å². The summed E-state index contributed by atoms with van der Waals surface area (Å²) in [5, 5.41) is -0.694. The first kappa shape index (κ1) is 21.4. The molecule has 0 atom stereocenters. The lowest BCUT2D eigenvalue weighted by Gasteiger charge is -2.15. The summed E-state index contributed by atoms with van der Waals surface area (Å²) >= 11 is 5.47. The molecule has 0 unspecified atom stereocenters. The van der Waals surface area contributed by atoms with Crippen molar-refractivity contribution in [2.75, 3.05) is 5.73 Å². The molecule has 30 heavy (non-hydrogen) atoms. The van der Waals surface area contributed by atoms with Gasteiger partial charge in [-0.25, -0.2) is 9.97 Å². The SMILES string of the molecule is Nc1cccc(-c2nc(C(F)(F)F)c(Oc3ccc(Cl)c(C(F)(F)F)c3)c(=O)[nH]2)n1. The minimum absolute atomic E-state index is 0.0371. The first-order valence-corrected chi connectivity index (χ1v) is 8.23. The number of nitrogens with one attached hydrogen (secondary N) is 1. The zero-order valence-corrected chi connectivity index (χ0v) is 15.2. The van der Waals surface area contributed by atoms with Gasteiger partial charge in [-0.1, -0.05) is 17.7 Å². The van der Waals surface area contributed by atoms with Gasteiger partial charge in [0.05, 0.1) is 10.6 Å². The summed E-state index contributed by atoms with van der Waals surface area (Å²) in [5.74, 6) is -2.63. The molecule has 2 heterocycles. The van der Waals surface area contributed by atoms with E-state index < -0.39 is 51.5 Å². The summed E-state index contributed by atoms with van der Waals surface area (Å²) in [6.07, 6.45) is -10.1. The number of nitrogens with zero attached hydrogens (tertiary/aromatic N) is 2. The van der Waals surface area contributed by atoms with Crippen LogP contribution in [0, 0.1) is 0 Å². The third-order valence-electron chi connectivity index (χ3n) is 3.62. The summed E-state index contributed by atoms with van der Waals surface area (Å²) in [5.41, 5.74) is 0.822. The highest BCUT2D eigenvalue weighted by Gasteiger charge is 2.39. The van der Waals surface area contributed by atoms with E-state index >= 15 is 0 Å². The Morgan fingerprint density at radius 2 is 1.70 bits per heavy atom. The summed E-state index contributed by atoms with van der Waals surface area (Å²) in [6.45, 7) is 0. The molecule has 3 rings (SSSR count). The highest BCUT2D eigenvalue weighted by molar-refractivity contribution is 6.31. The van der Waals surface area contributed by atoms with Crippen molar-refractivity contribution < 1.29 is 31.1 Å². The number of aromatic nitrogens is 3. The molecule has 0 saturated carbocycles. The Labute approximate surface area is 168 Å². The van der Waals surface area contributed by atoms with Crippen LogP contribution in [0.25, 0.3) is 11.5 Å². The molecule has 158 valence electrons. The van der Waals surface area contributed by atoms with Crippen molar-refractivity contribution in [3.8, 4) is 23.0 Å². The van der Waals surface area contributed by atoms with E-state index in [-0.39, 0.29) is 11.5 Å². The lowest BCUT2D eigenvalue weighted by molar-refractivity contribution is -0.142. The van der Waals surface area contributed by atoms with Crippen LogP contribution < -0.4 is 16.0 Å². The molecule has 3 aromatic rings. The van der Waals surface area contributed by atoms with E-state index in [0.717, 1.165) is 12.1 Å². The van der Waals surface area contributed by atoms with Crippen LogP contribution in [0.2, 0.25) is 5.02 Å². The second kappa shape index (κ2) is 7.52. The molecule has 3 N–H and O–H groups in total. The van der Waals surface area contributed by atoms with Gasteiger partial charge in [0.1, 0.15) is 17.3 Å². The van der Waals surface area contributed by atoms with Crippen LogP contribution in [-0.2, 0) is 12.4 Å². The fourth-order valence-corrected chi connectivity index (χ4v) is 2.58. The van der Waals surface area contributed by atoms with Crippen LogP contribution in [0.15, 0.2) is 41.2 Å². The molecule has 0 spiro atoms. The molecule has 2 aromatic heterocycles. The second-order valence-corrected chi connectivity index (χ2v) is 6.19. The first-order valence-electron chi connectivity index (χ1n) is 7.85. The third-order valence-corrected chi connectivity index (χ3v) is 3.95. The molecule has 0 aliphatic carbocycles. The average Bonchev–Trinajstić information content (AvgIpc) is 2.62. The Bertz CT molecular complexity index is 1160. The zero-order chi connectivity index (χ0) is 22.3. The first-order chi connectivity index (χ1) is 13.9. The standard InChI is InChI=1S/C17H9ClF6N4O2/c18-9-5-4-7(6-8(9)16(19,20)21)30-12-13(17(22,23)24)27-14(28-15(12)29)10-2-1-3-11(25)26-10/h1-6H,(H2,25,26)(H,27,28,29). The minimum Gasteiger partial charge on any atom is -0.449 e. The highest BCUT2D eigenvalue weighted by Crippen LogP contribution is 2.39. The van der Waals surface area contributed by atoms with Crippen molar-refractivity contribution >= 4 is 17.4 Å². The molecule has 1 aromatic carbocycles. The molecule has 0 radical (unpaired) electrons. The van der Waals surface area contributed by atoms with Crippen molar-refractivity contribution in [3.63, 3.8) is 0 Å². The number of H-pyrrole nitrogens is 1. The number of aromatic amines is 1. The van der Waals surface area contributed by atoms with E-state index in [0.29, 0.717) is 6.07 Å². The largest absolute Gasteiger partial charge is 0.449 e. The molecule has 0 saturated heterocycles. The van der Waals surface area contributed by atoms with Gasteiger partial charge < -0.3 is 15.5 Å². The number of benzene rings is 1. The number of halogens is 7. The van der Waals surface area contributed by atoms with Gasteiger partial charge in [-0.3, -0.25) is 4.79 Å². The summed E-state index contributed by atoms with van der Waals surface area (Å²) < 4.78 is 84.2. The number of hydrogen-bond acceptors (Lipinski definition) is 5. The number of hydrogen-bond donors (Lipinski definition) is 2. The predicted octanol–water partition coefficient (Wildman–Crippen LogP) is 4.90. The van der Waals surface area contributed by atoms with Crippen molar-refractivity contribution in [1.82, 2.24) is 15.0 Å². The molecule has 0 amide bonds. The topological polar surface area (TPSA) is 93.9 Å². The predicted molar refractivity (Wildman–Crippen MR) is 94.0 cm³/mol. The van der Waals surface area contributed by atoms with E-state index in [1.807, 2.05) is 0 Å². The number of alkyl halides is 6. The van der Waals surface area contributed by atoms with Crippen LogP contribution in [0.3, 0.4) is 0 Å². The van der Waals surface area contributed by atoms with Gasteiger partial charge in [-0.15, -0.1) is 0 Å². The highest BCUT2D eigenvalue weighted by atomic mass is 35.5. The number of nitrogens with two attached hydrogens (primary N) is 1. The summed E-state index contributed by atoms with van der Waals surface area (Å²) in [7, 11) is 0. The van der Waals surface area contributed by atoms with Gasteiger partial charge >= 0.3 is 12.4 Å². The molecule has 0 aliphatic rings. The van der Waals surface area contributed by atoms with E-state index in [2.05, 4.69) is 15.0 Å². The van der Waals surface area contributed by atoms with Crippen LogP contribution in [-0.4, -0.2) is 15.0 Å². The normalized spacial score (nSPS) is 12.1. The molecule has 0 bridgehead atoms. The van der Waals surface area contributed by atoms with E-state index in [1.165, 1.54) is 18.2 Å². The summed E-state index contributed by atoms with van der Waals surface area (Å²) in [6, 6.07) is 6.02. The molecule has 0 fully saturated rings. The third kappa shape index (κ3) is 4.48. The zero-order valence-electron chi connectivity index (χ0n) is 14.4. The lowest BCUT2D eigenvalue weighted by Crippen LogP contribution is -2.21. The maximum Gasteiger partial charge on any atom is 0.437 e. The second-order valence-electron chi connectivity index (χ2n) is 5.78. The molecule has 0 aliphatic heterocycles. The van der Waals surface area contributed by atoms with E-state index in [9.17, 15) is 31.1 Å². The van der Waals surface area contributed by atoms with Crippen molar-refractivity contribution in [1.29, 1.82) is 0 Å². The molecular weight excluding hydrogens is 442 g/mol. The Morgan fingerprint density at radius 1 is 1.00 bits per heavy atom. The van der Waals surface area contributed by atoms with Crippen LogP contribution in [0.5, 0.6) is 11.5 Å². The lowest BCUT2D eigenvalue weighted by atomic mass is 10.2. The number of nitrogen functional groups attached to an aromatic ring is 1. The molecular formula is C17H9ClF6N4O2. The smallest absolute Gasteiger partial charge is 0.437 e. The van der Waals surface area contributed by atoms with Gasteiger partial charge in [0, 0.05) is 0 Å². The van der Waals surface area contributed by atoms with Gasteiger partial charge in [0.25, 0.3) is 5.56 Å². The number of anilines is 1. The number of ether oxygens (including phenoxy) is 1. The Balaban J connectivity index is 2.13. The van der Waals surface area contributed by atoms with Gasteiger partial charge in [-0.05, 0) is 30.3 Å². The number of pyridine rings is 1. The maximum absolute atomic E-state index is 13.5. The quantitative estimate of drug-likeness (QED) is 0.554. The maximum atomic E-state index is 13.5. The Morgan fingerprint density at radius 3 is 2.30 bits per heavy atom. The monoisotopic (exact) mass is 450 g/mol. The van der Waals surface area contributed by atoms with Gasteiger partial charge in [-0.2, -0.15) is 26.3 Å². The average molecular weight is 451 g/mol. The van der Waals surface area contributed by atoms with Gasteiger partial charge in [0.2, 0.25) is 5.75 Å². The van der Waals surface area contributed by atoms with Crippen molar-refractivity contribution in [2.45, 2.75) is 12.4 Å². The Hall–Kier alpha value is -3.28. The molecule has 6 nitrogen and oxygen atoms in total. The van der Waals surface area contributed by atoms with Gasteiger partial charge in [0.15, 0.2) is 11.5 Å². The van der Waals surface area contributed by atoms with Crippen molar-refractivity contribution in [2.24, 2.45) is 0 Å². The van der Waals surface area contributed by atoms with Crippen LogP contribution >= 0.6 is 11.6 Å². The van der Waals surface area contributed by atoms with Crippen molar-refractivity contribution in [3.05, 3.63) is 63.0 Å².